The summed E-state index contributed by atoms with van der Waals surface area (Å²) in [5.74, 6) is 0. The molecule has 2 unspecified atom stereocenters. The summed E-state index contributed by atoms with van der Waals surface area (Å²) in [4.78, 5) is 2.59. The Bertz CT molecular complexity index is 266. The summed E-state index contributed by atoms with van der Waals surface area (Å²) in [5.41, 5.74) is 8.24. The van der Waals surface area contributed by atoms with Gasteiger partial charge in [0.05, 0.1) is 0 Å². The maximum Gasteiger partial charge on any atom is 0.161 e. The van der Waals surface area contributed by atoms with Crippen molar-refractivity contribution in [2.45, 2.75) is 76.5 Å². The minimum atomic E-state index is -2.04. The maximum absolute atomic E-state index is 10.8. The second-order valence-corrected chi connectivity index (χ2v) is 5.65. The van der Waals surface area contributed by atoms with Gasteiger partial charge in [-0.15, -0.1) is 0 Å². The molecule has 0 spiro atoms. The van der Waals surface area contributed by atoms with E-state index in [2.05, 4.69) is 16.9 Å². The van der Waals surface area contributed by atoms with Crippen molar-refractivity contribution in [3.63, 3.8) is 0 Å². The van der Waals surface area contributed by atoms with Crippen molar-refractivity contribution in [2.24, 2.45) is 5.11 Å². The zero-order valence-corrected chi connectivity index (χ0v) is 12.1. The van der Waals surface area contributed by atoms with E-state index in [0.29, 0.717) is 6.42 Å². The number of hydrogen-bond donors (Lipinski definition) is 1. The van der Waals surface area contributed by atoms with Gasteiger partial charge in [0, 0.05) is 4.91 Å². The lowest BCUT2D eigenvalue weighted by atomic mass is 10.1. The van der Waals surface area contributed by atoms with Crippen LogP contribution in [0.2, 0.25) is 0 Å². The zero-order valence-electron chi connectivity index (χ0n) is 11.3. The Labute approximate surface area is 112 Å². The number of azide groups is 1. The Morgan fingerprint density at radius 3 is 2.06 bits per heavy atom. The number of unbranched alkanes of at least 4 members (excludes halogenated alkanes) is 8. The predicted octanol–water partition coefficient (Wildman–Crippen LogP) is 4.77. The van der Waals surface area contributed by atoms with Gasteiger partial charge in [0.25, 0.3) is 0 Å². The summed E-state index contributed by atoms with van der Waals surface area (Å²) < 4.78 is 19.7. The Morgan fingerprint density at radius 2 is 1.61 bits per heavy atom. The van der Waals surface area contributed by atoms with E-state index in [-0.39, 0.29) is 0 Å². The smallest absolute Gasteiger partial charge is 0.161 e. The molecule has 0 aliphatic rings. The van der Waals surface area contributed by atoms with E-state index in [4.69, 9.17) is 10.1 Å². The lowest BCUT2D eigenvalue weighted by Gasteiger charge is -2.06. The number of rotatable bonds is 12. The van der Waals surface area contributed by atoms with Crippen LogP contribution in [0.15, 0.2) is 5.11 Å². The minimum Gasteiger partial charge on any atom is -0.306 e. The van der Waals surface area contributed by atoms with E-state index >= 15 is 0 Å². The predicted molar refractivity (Wildman–Crippen MR) is 75.5 cm³/mol. The van der Waals surface area contributed by atoms with Crippen LogP contribution < -0.4 is 0 Å². The summed E-state index contributed by atoms with van der Waals surface area (Å²) in [6.45, 7) is 2.21. The van der Waals surface area contributed by atoms with E-state index in [1.165, 1.54) is 38.5 Å². The molecule has 5 nitrogen and oxygen atoms in total. The third-order valence-corrected chi connectivity index (χ3v) is 3.76. The third-order valence-electron chi connectivity index (χ3n) is 2.97. The first-order valence-electron chi connectivity index (χ1n) is 6.86. The molecule has 0 aliphatic carbocycles. The van der Waals surface area contributed by atoms with E-state index in [0.717, 1.165) is 19.3 Å². The molecule has 0 bridgehead atoms. The summed E-state index contributed by atoms with van der Waals surface area (Å²) in [7, 11) is 0. The van der Waals surface area contributed by atoms with E-state index in [1.807, 2.05) is 0 Å². The van der Waals surface area contributed by atoms with Gasteiger partial charge in [0.2, 0.25) is 0 Å². The van der Waals surface area contributed by atoms with E-state index in [1.54, 1.807) is 0 Å². The zero-order chi connectivity index (χ0) is 13.6. The normalized spacial score (nSPS) is 13.9. The van der Waals surface area contributed by atoms with Crippen LogP contribution in [0.25, 0.3) is 10.4 Å². The van der Waals surface area contributed by atoms with E-state index < -0.39 is 16.5 Å². The van der Waals surface area contributed by atoms with E-state index in [9.17, 15) is 4.21 Å². The Morgan fingerprint density at radius 1 is 1.11 bits per heavy atom. The average molecular weight is 275 g/mol. The molecule has 0 saturated carbocycles. The van der Waals surface area contributed by atoms with Crippen molar-refractivity contribution in [2.75, 3.05) is 0 Å². The first-order valence-corrected chi connectivity index (χ1v) is 8.03. The first kappa shape index (κ1) is 17.4. The average Bonchev–Trinajstić information content (AvgIpc) is 2.35. The highest BCUT2D eigenvalue weighted by atomic mass is 32.2. The van der Waals surface area contributed by atoms with Gasteiger partial charge in [-0.2, -0.15) is 0 Å². The molecule has 6 heteroatoms. The lowest BCUT2D eigenvalue weighted by molar-refractivity contribution is 0.522. The van der Waals surface area contributed by atoms with Crippen molar-refractivity contribution in [1.82, 2.24) is 0 Å². The van der Waals surface area contributed by atoms with Crippen molar-refractivity contribution >= 4 is 11.1 Å². The highest BCUT2D eigenvalue weighted by Crippen LogP contribution is 2.13. The van der Waals surface area contributed by atoms with Gasteiger partial charge in [-0.1, -0.05) is 69.8 Å². The molecule has 0 rings (SSSR count). The summed E-state index contributed by atoms with van der Waals surface area (Å²) in [5, 5.41) is 2.54. The van der Waals surface area contributed by atoms with Crippen LogP contribution in [0.3, 0.4) is 0 Å². The van der Waals surface area contributed by atoms with Crippen LogP contribution in [0.4, 0.5) is 0 Å². The summed E-state index contributed by atoms with van der Waals surface area (Å²) in [6.07, 6.45) is 11.3. The van der Waals surface area contributed by atoms with Crippen LogP contribution in [0.1, 0.15) is 71.1 Å². The molecule has 0 amide bonds. The van der Waals surface area contributed by atoms with Crippen LogP contribution >= 0.6 is 0 Å². The standard InChI is InChI=1S/C12H25N3O2S/c1-2-3-4-5-6-7-8-9-10-11-12(14-15-13)18(16)17/h12H,2-11H2,1H3,(H,16,17). The van der Waals surface area contributed by atoms with Gasteiger partial charge in [-0.25, -0.2) is 4.21 Å². The highest BCUT2D eigenvalue weighted by Gasteiger charge is 2.11. The second kappa shape index (κ2) is 12.9. The Hall–Kier alpha value is -0.580. The fourth-order valence-electron chi connectivity index (χ4n) is 1.89. The molecule has 106 valence electrons. The minimum absolute atomic E-state index is 0.503. The highest BCUT2D eigenvalue weighted by molar-refractivity contribution is 7.79. The molecule has 0 aromatic carbocycles. The summed E-state index contributed by atoms with van der Waals surface area (Å²) >= 11 is -2.04. The molecule has 1 N–H and O–H groups in total. The molecule has 2 atom stereocenters. The van der Waals surface area contributed by atoms with Gasteiger partial charge in [0.1, 0.15) is 5.37 Å². The second-order valence-electron chi connectivity index (χ2n) is 4.55. The number of nitrogens with zero attached hydrogens (tertiary/aromatic N) is 3. The van der Waals surface area contributed by atoms with Crippen LogP contribution in [-0.4, -0.2) is 14.1 Å². The molecule has 0 aliphatic heterocycles. The molecule has 18 heavy (non-hydrogen) atoms. The van der Waals surface area contributed by atoms with Crippen molar-refractivity contribution in [3.8, 4) is 0 Å². The fraction of sp³-hybridized carbons (Fsp3) is 1.00. The van der Waals surface area contributed by atoms with Crippen LogP contribution in [0.5, 0.6) is 0 Å². The van der Waals surface area contributed by atoms with Gasteiger partial charge in [-0.05, 0) is 12.0 Å². The lowest BCUT2D eigenvalue weighted by Crippen LogP contribution is -2.10. The topological polar surface area (TPSA) is 86.1 Å². The quantitative estimate of drug-likeness (QED) is 0.183. The van der Waals surface area contributed by atoms with Crippen LogP contribution in [-0.2, 0) is 11.1 Å². The largest absolute Gasteiger partial charge is 0.306 e. The van der Waals surface area contributed by atoms with Gasteiger partial charge in [-0.3, -0.25) is 0 Å². The molecular weight excluding hydrogens is 250 g/mol. The molecule has 0 heterocycles. The maximum atomic E-state index is 10.8. The fourth-order valence-corrected chi connectivity index (χ4v) is 2.38. The van der Waals surface area contributed by atoms with Crippen LogP contribution in [0, 0.1) is 0 Å². The van der Waals surface area contributed by atoms with Crippen molar-refractivity contribution in [3.05, 3.63) is 10.4 Å². The Kier molecular flexibility index (Phi) is 12.5. The van der Waals surface area contributed by atoms with Gasteiger partial charge < -0.3 is 4.55 Å². The molecule has 0 aromatic rings. The molecule has 0 radical (unpaired) electrons. The molecular formula is C12H25N3O2S. The van der Waals surface area contributed by atoms with Crippen molar-refractivity contribution < 1.29 is 8.76 Å². The molecule has 0 saturated heterocycles. The van der Waals surface area contributed by atoms with Crippen molar-refractivity contribution in [1.29, 1.82) is 0 Å². The SMILES string of the molecule is CCCCCCCCCCCC(N=[N+]=[N-])S(=O)O. The first-order chi connectivity index (χ1) is 8.72. The monoisotopic (exact) mass is 275 g/mol. The summed E-state index contributed by atoms with van der Waals surface area (Å²) in [6, 6.07) is 0. The number of hydrogen-bond acceptors (Lipinski definition) is 2. The molecule has 0 fully saturated rings. The third kappa shape index (κ3) is 10.6. The molecule has 0 aromatic heterocycles. The Balaban J connectivity index is 3.38. The van der Waals surface area contributed by atoms with Gasteiger partial charge >= 0.3 is 0 Å². The van der Waals surface area contributed by atoms with Gasteiger partial charge in [0.15, 0.2) is 11.1 Å².